The fourth-order valence-electron chi connectivity index (χ4n) is 2.66. The molecule has 1 fully saturated rings. The number of rotatable bonds is 4. The van der Waals surface area contributed by atoms with Crippen molar-refractivity contribution >= 4 is 10.0 Å². The fraction of sp³-hybridized carbons (Fsp3) is 0.714. The molecule has 7 heteroatoms. The van der Waals surface area contributed by atoms with Crippen molar-refractivity contribution in [1.82, 2.24) is 8.87 Å². The maximum Gasteiger partial charge on any atom is 0.245 e. The van der Waals surface area contributed by atoms with E-state index in [1.807, 2.05) is 27.7 Å². The zero-order chi connectivity index (χ0) is 15.8. The minimum atomic E-state index is -3.59. The summed E-state index contributed by atoms with van der Waals surface area (Å²) >= 11 is 0. The van der Waals surface area contributed by atoms with E-state index in [0.29, 0.717) is 25.5 Å². The molecule has 1 N–H and O–H groups in total. The lowest BCUT2D eigenvalue weighted by molar-refractivity contribution is -0.00770. The van der Waals surface area contributed by atoms with Gasteiger partial charge in [0.15, 0.2) is 0 Å². The van der Waals surface area contributed by atoms with Crippen LogP contribution >= 0.6 is 0 Å². The molecule has 1 aliphatic heterocycles. The predicted molar refractivity (Wildman–Crippen MR) is 79.5 cm³/mol. The third-order valence-corrected chi connectivity index (χ3v) is 5.86. The molecule has 0 saturated carbocycles. The maximum absolute atomic E-state index is 12.9. The van der Waals surface area contributed by atoms with Gasteiger partial charge in [0.05, 0.1) is 25.4 Å². The van der Waals surface area contributed by atoms with E-state index >= 15 is 0 Å². The Balaban J connectivity index is 2.44. The van der Waals surface area contributed by atoms with Crippen LogP contribution in [-0.4, -0.2) is 47.7 Å². The van der Waals surface area contributed by atoms with Crippen LogP contribution in [0.2, 0.25) is 0 Å². The molecule has 2 rings (SSSR count). The van der Waals surface area contributed by atoms with Crippen molar-refractivity contribution in [3.63, 3.8) is 0 Å². The van der Waals surface area contributed by atoms with Gasteiger partial charge in [0.25, 0.3) is 0 Å². The molecule has 120 valence electrons. The molecule has 0 unspecified atom stereocenters. The summed E-state index contributed by atoms with van der Waals surface area (Å²) in [6, 6.07) is 1.65. The minimum absolute atomic E-state index is 0.0915. The zero-order valence-corrected chi connectivity index (χ0v) is 13.9. The molecule has 0 aliphatic carbocycles. The Kier molecular flexibility index (Phi) is 4.49. The molecular weight excluding hydrogens is 292 g/mol. The summed E-state index contributed by atoms with van der Waals surface area (Å²) in [4.78, 5) is 0.232. The van der Waals surface area contributed by atoms with Crippen LogP contribution in [0.1, 0.15) is 39.4 Å². The molecule has 0 bridgehead atoms. The van der Waals surface area contributed by atoms with Gasteiger partial charge in [-0.1, -0.05) is 0 Å². The van der Waals surface area contributed by atoms with Gasteiger partial charge < -0.3 is 14.4 Å². The highest BCUT2D eigenvalue weighted by atomic mass is 32.2. The second-order valence-corrected chi connectivity index (χ2v) is 8.13. The lowest BCUT2D eigenvalue weighted by atomic mass is 10.1. The highest BCUT2D eigenvalue weighted by Gasteiger charge is 2.40. The molecule has 0 amide bonds. The van der Waals surface area contributed by atoms with E-state index in [1.54, 1.807) is 16.8 Å². The third kappa shape index (κ3) is 3.01. The number of aliphatic hydroxyl groups is 1. The normalized spacial score (nSPS) is 20.1. The Morgan fingerprint density at radius 2 is 2.10 bits per heavy atom. The number of ether oxygens (including phenoxy) is 1. The Labute approximate surface area is 126 Å². The highest BCUT2D eigenvalue weighted by Crippen LogP contribution is 2.29. The van der Waals surface area contributed by atoms with Crippen LogP contribution in [0.15, 0.2) is 17.2 Å². The van der Waals surface area contributed by atoms with Crippen molar-refractivity contribution < 1.29 is 18.3 Å². The van der Waals surface area contributed by atoms with Crippen LogP contribution in [0, 0.1) is 0 Å². The van der Waals surface area contributed by atoms with Crippen molar-refractivity contribution in [2.75, 3.05) is 19.8 Å². The van der Waals surface area contributed by atoms with Gasteiger partial charge in [-0.25, -0.2) is 8.42 Å². The molecule has 21 heavy (non-hydrogen) atoms. The number of aliphatic hydroxyl groups excluding tert-OH is 1. The smallest absolute Gasteiger partial charge is 0.245 e. The van der Waals surface area contributed by atoms with Crippen molar-refractivity contribution in [2.45, 2.75) is 50.8 Å². The first-order chi connectivity index (χ1) is 9.70. The third-order valence-electron chi connectivity index (χ3n) is 3.78. The molecule has 2 heterocycles. The molecule has 0 spiro atoms. The standard InChI is InChI=1S/C14H24N2O4S/c1-11(2)15-8-13(7-12(15)9-17)21(18,19)16-5-6-20-10-14(16,3)4/h7-8,11,17H,5-6,9-10H2,1-4H3. The highest BCUT2D eigenvalue weighted by molar-refractivity contribution is 7.89. The van der Waals surface area contributed by atoms with Crippen LogP contribution in [0.5, 0.6) is 0 Å². The summed E-state index contributed by atoms with van der Waals surface area (Å²) in [7, 11) is -3.59. The first kappa shape index (κ1) is 16.5. The van der Waals surface area contributed by atoms with Crippen LogP contribution in [0.4, 0.5) is 0 Å². The topological polar surface area (TPSA) is 71.8 Å². The van der Waals surface area contributed by atoms with Gasteiger partial charge in [-0.3, -0.25) is 0 Å². The molecule has 1 aromatic heterocycles. The fourth-order valence-corrected chi connectivity index (χ4v) is 4.47. The largest absolute Gasteiger partial charge is 0.390 e. The van der Waals surface area contributed by atoms with E-state index in [-0.39, 0.29) is 17.5 Å². The van der Waals surface area contributed by atoms with Gasteiger partial charge in [0, 0.05) is 24.5 Å². The lowest BCUT2D eigenvalue weighted by Gasteiger charge is -2.40. The van der Waals surface area contributed by atoms with E-state index in [0.717, 1.165) is 0 Å². The molecule has 1 aromatic rings. The van der Waals surface area contributed by atoms with Crippen LogP contribution < -0.4 is 0 Å². The molecule has 0 aromatic carbocycles. The predicted octanol–water partition coefficient (Wildman–Crippen LogP) is 1.36. The summed E-state index contributed by atoms with van der Waals surface area (Å²) in [6.45, 7) is 8.57. The number of nitrogens with zero attached hydrogens (tertiary/aromatic N) is 2. The van der Waals surface area contributed by atoms with E-state index < -0.39 is 15.6 Å². The number of sulfonamides is 1. The van der Waals surface area contributed by atoms with E-state index in [9.17, 15) is 13.5 Å². The Morgan fingerprint density at radius 1 is 1.43 bits per heavy atom. The Bertz CT molecular complexity index is 604. The van der Waals surface area contributed by atoms with Gasteiger partial charge in [0.2, 0.25) is 10.0 Å². The molecule has 0 radical (unpaired) electrons. The Morgan fingerprint density at radius 3 is 2.57 bits per heavy atom. The summed E-state index contributed by atoms with van der Waals surface area (Å²) in [5, 5.41) is 9.41. The average Bonchev–Trinajstić information content (AvgIpc) is 2.82. The number of hydrogen-bond acceptors (Lipinski definition) is 4. The minimum Gasteiger partial charge on any atom is -0.390 e. The summed E-state index contributed by atoms with van der Waals surface area (Å²) in [5.74, 6) is 0. The maximum atomic E-state index is 12.9. The quantitative estimate of drug-likeness (QED) is 0.910. The van der Waals surface area contributed by atoms with Crippen molar-refractivity contribution in [3.05, 3.63) is 18.0 Å². The molecular formula is C14H24N2O4S. The SMILES string of the molecule is CC(C)n1cc(S(=O)(=O)N2CCOCC2(C)C)cc1CO. The van der Waals surface area contributed by atoms with E-state index in [4.69, 9.17) is 4.74 Å². The summed E-state index contributed by atoms with van der Waals surface area (Å²) in [6.07, 6.45) is 1.61. The van der Waals surface area contributed by atoms with E-state index in [2.05, 4.69) is 0 Å². The number of morpholine rings is 1. The van der Waals surface area contributed by atoms with Crippen LogP contribution in [0.3, 0.4) is 0 Å². The molecule has 0 atom stereocenters. The van der Waals surface area contributed by atoms with Crippen molar-refractivity contribution in [3.8, 4) is 0 Å². The second kappa shape index (κ2) is 5.72. The molecule has 6 nitrogen and oxygen atoms in total. The van der Waals surface area contributed by atoms with Gasteiger partial charge in [-0.2, -0.15) is 4.31 Å². The molecule has 1 aliphatic rings. The lowest BCUT2D eigenvalue weighted by Crippen LogP contribution is -2.55. The van der Waals surface area contributed by atoms with Crippen molar-refractivity contribution in [2.24, 2.45) is 0 Å². The van der Waals surface area contributed by atoms with Gasteiger partial charge >= 0.3 is 0 Å². The first-order valence-electron chi connectivity index (χ1n) is 7.12. The average molecular weight is 316 g/mol. The van der Waals surface area contributed by atoms with Crippen LogP contribution in [-0.2, 0) is 21.4 Å². The van der Waals surface area contributed by atoms with Gasteiger partial charge in [0.1, 0.15) is 4.90 Å². The van der Waals surface area contributed by atoms with Gasteiger partial charge in [-0.15, -0.1) is 0 Å². The Hall–Kier alpha value is -0.890. The van der Waals surface area contributed by atoms with E-state index in [1.165, 1.54) is 4.31 Å². The van der Waals surface area contributed by atoms with Crippen LogP contribution in [0.25, 0.3) is 0 Å². The molecule has 1 saturated heterocycles. The van der Waals surface area contributed by atoms with Crippen molar-refractivity contribution in [1.29, 1.82) is 0 Å². The zero-order valence-electron chi connectivity index (χ0n) is 13.0. The summed E-state index contributed by atoms with van der Waals surface area (Å²) < 4.78 is 34.4. The number of hydrogen-bond donors (Lipinski definition) is 1. The second-order valence-electron chi connectivity index (χ2n) is 6.27. The number of aromatic nitrogens is 1. The monoisotopic (exact) mass is 316 g/mol. The van der Waals surface area contributed by atoms with Gasteiger partial charge in [-0.05, 0) is 33.8 Å². The summed E-state index contributed by atoms with van der Waals surface area (Å²) in [5.41, 5.74) is 0.0331. The first-order valence-corrected chi connectivity index (χ1v) is 8.56.